The van der Waals surface area contributed by atoms with E-state index >= 15 is 0 Å². The predicted octanol–water partition coefficient (Wildman–Crippen LogP) is 4.63. The molecule has 154 valence electrons. The quantitative estimate of drug-likeness (QED) is 0.510. The van der Waals surface area contributed by atoms with Crippen LogP contribution in [-0.2, 0) is 11.3 Å². The van der Waals surface area contributed by atoms with Crippen molar-refractivity contribution in [2.75, 3.05) is 20.3 Å². The van der Waals surface area contributed by atoms with E-state index in [0.717, 1.165) is 35.1 Å². The number of hydrogen-bond acceptors (Lipinski definition) is 3. The van der Waals surface area contributed by atoms with Gasteiger partial charge in [0.05, 0.1) is 11.6 Å². The molecule has 1 atom stereocenters. The highest BCUT2D eigenvalue weighted by Gasteiger charge is 2.18. The molecule has 1 N–H and O–H groups in total. The van der Waals surface area contributed by atoms with Crippen molar-refractivity contribution in [3.63, 3.8) is 0 Å². The minimum atomic E-state index is -0.0808. The smallest absolute Gasteiger partial charge is 0.267 e. The van der Waals surface area contributed by atoms with Crippen molar-refractivity contribution in [1.29, 1.82) is 0 Å². The number of carbonyl (C=O) groups is 1. The summed E-state index contributed by atoms with van der Waals surface area (Å²) in [5.41, 5.74) is 2.78. The van der Waals surface area contributed by atoms with Crippen LogP contribution in [0.4, 0.5) is 0 Å². The second-order valence-electron chi connectivity index (χ2n) is 7.23. The van der Waals surface area contributed by atoms with Crippen molar-refractivity contribution in [3.05, 3.63) is 65.9 Å². The molecule has 5 heteroatoms. The highest BCUT2D eigenvalue weighted by molar-refractivity contribution is 6.00. The Labute approximate surface area is 172 Å². The number of benzene rings is 2. The molecular formula is C24H30N2O3. The van der Waals surface area contributed by atoms with E-state index in [1.807, 2.05) is 42.5 Å². The molecule has 2 aromatic carbocycles. The van der Waals surface area contributed by atoms with E-state index < -0.39 is 0 Å². The molecule has 0 radical (unpaired) electrons. The van der Waals surface area contributed by atoms with Crippen LogP contribution in [0.2, 0.25) is 0 Å². The summed E-state index contributed by atoms with van der Waals surface area (Å²) in [5.74, 6) is 0.736. The lowest BCUT2D eigenvalue weighted by molar-refractivity contribution is 0.0940. The first kappa shape index (κ1) is 20.9. The minimum Gasteiger partial charge on any atom is -0.490 e. The van der Waals surface area contributed by atoms with Crippen LogP contribution in [0.1, 0.15) is 42.7 Å². The molecule has 0 aliphatic heterocycles. The van der Waals surface area contributed by atoms with E-state index in [-0.39, 0.29) is 12.0 Å². The zero-order valence-corrected chi connectivity index (χ0v) is 17.5. The second kappa shape index (κ2) is 10.1. The van der Waals surface area contributed by atoms with Crippen molar-refractivity contribution in [3.8, 4) is 5.75 Å². The summed E-state index contributed by atoms with van der Waals surface area (Å²) >= 11 is 0. The number of aromatic nitrogens is 1. The van der Waals surface area contributed by atoms with Gasteiger partial charge in [-0.15, -0.1) is 0 Å². The highest BCUT2D eigenvalue weighted by Crippen LogP contribution is 2.30. The molecule has 1 amide bonds. The molecule has 0 bridgehead atoms. The van der Waals surface area contributed by atoms with Crippen molar-refractivity contribution in [2.45, 2.75) is 39.3 Å². The van der Waals surface area contributed by atoms with Crippen molar-refractivity contribution >= 4 is 16.8 Å². The van der Waals surface area contributed by atoms with Crippen LogP contribution >= 0.6 is 0 Å². The Morgan fingerprint density at radius 3 is 2.66 bits per heavy atom. The van der Waals surface area contributed by atoms with E-state index in [2.05, 4.69) is 35.9 Å². The van der Waals surface area contributed by atoms with Gasteiger partial charge in [-0.05, 0) is 43.5 Å². The molecular weight excluding hydrogens is 364 g/mol. The van der Waals surface area contributed by atoms with Gasteiger partial charge in [0, 0.05) is 32.2 Å². The lowest BCUT2D eigenvalue weighted by Crippen LogP contribution is -2.27. The van der Waals surface area contributed by atoms with Gasteiger partial charge in [0.2, 0.25) is 0 Å². The standard InChI is InChI=1S/C24H30N2O3/c1-4-18(2)29-23-13-8-12-21-20(23)16-22(24(27)25-14-9-15-28-3)26(21)17-19-10-6-5-7-11-19/h5-8,10-13,16,18H,4,9,14-15,17H2,1-3H3,(H,25,27). The fraction of sp³-hybridized carbons (Fsp3) is 0.375. The molecule has 0 saturated heterocycles. The molecule has 0 saturated carbocycles. The van der Waals surface area contributed by atoms with Crippen molar-refractivity contribution in [1.82, 2.24) is 9.88 Å². The van der Waals surface area contributed by atoms with E-state index in [1.54, 1.807) is 7.11 Å². The number of rotatable bonds is 10. The maximum absolute atomic E-state index is 13.0. The van der Waals surface area contributed by atoms with E-state index in [1.165, 1.54) is 0 Å². The van der Waals surface area contributed by atoms with Crippen molar-refractivity contribution in [2.24, 2.45) is 0 Å². The normalized spacial score (nSPS) is 12.1. The third-order valence-corrected chi connectivity index (χ3v) is 5.04. The van der Waals surface area contributed by atoms with E-state index in [0.29, 0.717) is 25.4 Å². The van der Waals surface area contributed by atoms with Crippen LogP contribution in [-0.4, -0.2) is 36.8 Å². The number of nitrogens with one attached hydrogen (secondary N) is 1. The fourth-order valence-electron chi connectivity index (χ4n) is 3.29. The predicted molar refractivity (Wildman–Crippen MR) is 117 cm³/mol. The third kappa shape index (κ3) is 5.18. The van der Waals surface area contributed by atoms with Gasteiger partial charge < -0.3 is 19.4 Å². The Kier molecular flexibility index (Phi) is 7.30. The molecule has 0 aliphatic rings. The molecule has 3 aromatic rings. The van der Waals surface area contributed by atoms with Gasteiger partial charge in [-0.3, -0.25) is 4.79 Å². The Bertz CT molecular complexity index is 934. The van der Waals surface area contributed by atoms with Gasteiger partial charge in [-0.2, -0.15) is 0 Å². The summed E-state index contributed by atoms with van der Waals surface area (Å²) in [5, 5.41) is 3.98. The number of carbonyl (C=O) groups excluding carboxylic acids is 1. The lowest BCUT2D eigenvalue weighted by atomic mass is 10.2. The zero-order valence-electron chi connectivity index (χ0n) is 17.5. The first-order valence-electron chi connectivity index (χ1n) is 10.2. The number of hydrogen-bond donors (Lipinski definition) is 1. The summed E-state index contributed by atoms with van der Waals surface area (Å²) in [6.07, 6.45) is 1.82. The first-order chi connectivity index (χ1) is 14.1. The zero-order chi connectivity index (χ0) is 20.6. The Hall–Kier alpha value is -2.79. The summed E-state index contributed by atoms with van der Waals surface area (Å²) < 4.78 is 13.3. The molecule has 0 aliphatic carbocycles. The Morgan fingerprint density at radius 1 is 1.14 bits per heavy atom. The number of ether oxygens (including phenoxy) is 2. The van der Waals surface area contributed by atoms with Gasteiger partial charge in [0.1, 0.15) is 11.4 Å². The largest absolute Gasteiger partial charge is 0.490 e. The van der Waals surface area contributed by atoms with Crippen LogP contribution in [0.25, 0.3) is 10.9 Å². The SMILES string of the molecule is CCC(C)Oc1cccc2c1cc(C(=O)NCCCOC)n2Cc1ccccc1. The monoisotopic (exact) mass is 394 g/mol. The van der Waals surface area contributed by atoms with Crippen LogP contribution in [0.3, 0.4) is 0 Å². The summed E-state index contributed by atoms with van der Waals surface area (Å²) in [6.45, 7) is 5.99. The summed E-state index contributed by atoms with van der Waals surface area (Å²) in [6, 6.07) is 18.1. The van der Waals surface area contributed by atoms with Crippen LogP contribution < -0.4 is 10.1 Å². The summed E-state index contributed by atoms with van der Waals surface area (Å²) in [4.78, 5) is 13.0. The molecule has 1 heterocycles. The molecule has 5 nitrogen and oxygen atoms in total. The Morgan fingerprint density at radius 2 is 1.93 bits per heavy atom. The van der Waals surface area contributed by atoms with Gasteiger partial charge in [-0.1, -0.05) is 43.3 Å². The maximum atomic E-state index is 13.0. The Balaban J connectivity index is 1.98. The van der Waals surface area contributed by atoms with Crippen LogP contribution in [0.15, 0.2) is 54.6 Å². The first-order valence-corrected chi connectivity index (χ1v) is 10.2. The van der Waals surface area contributed by atoms with Gasteiger partial charge >= 0.3 is 0 Å². The highest BCUT2D eigenvalue weighted by atomic mass is 16.5. The number of methoxy groups -OCH3 is 1. The average Bonchev–Trinajstić information content (AvgIpc) is 3.11. The summed E-state index contributed by atoms with van der Waals surface area (Å²) in [7, 11) is 1.67. The van der Waals surface area contributed by atoms with Gasteiger partial charge in [-0.25, -0.2) is 0 Å². The maximum Gasteiger partial charge on any atom is 0.267 e. The fourth-order valence-corrected chi connectivity index (χ4v) is 3.29. The molecule has 29 heavy (non-hydrogen) atoms. The molecule has 3 rings (SSSR count). The van der Waals surface area contributed by atoms with Gasteiger partial charge in [0.25, 0.3) is 5.91 Å². The topological polar surface area (TPSA) is 52.5 Å². The van der Waals surface area contributed by atoms with Crippen LogP contribution in [0, 0.1) is 0 Å². The van der Waals surface area contributed by atoms with Crippen LogP contribution in [0.5, 0.6) is 5.75 Å². The average molecular weight is 395 g/mol. The number of amides is 1. The van der Waals surface area contributed by atoms with Crippen molar-refractivity contribution < 1.29 is 14.3 Å². The van der Waals surface area contributed by atoms with Gasteiger partial charge in [0.15, 0.2) is 0 Å². The minimum absolute atomic E-state index is 0.0808. The van der Waals surface area contributed by atoms with E-state index in [9.17, 15) is 4.79 Å². The molecule has 0 spiro atoms. The molecule has 1 aromatic heterocycles. The van der Waals surface area contributed by atoms with E-state index in [4.69, 9.17) is 9.47 Å². The lowest BCUT2D eigenvalue weighted by Gasteiger charge is -2.14. The number of fused-ring (bicyclic) bond motifs is 1. The molecule has 0 fully saturated rings. The molecule has 1 unspecified atom stereocenters. The third-order valence-electron chi connectivity index (χ3n) is 5.04. The second-order valence-corrected chi connectivity index (χ2v) is 7.23. The number of nitrogens with zero attached hydrogens (tertiary/aromatic N) is 1.